The summed E-state index contributed by atoms with van der Waals surface area (Å²) in [5.41, 5.74) is 7.48. The summed E-state index contributed by atoms with van der Waals surface area (Å²) in [5, 5.41) is 8.44. The molecule has 0 bridgehead atoms. The first-order valence-corrected chi connectivity index (χ1v) is 13.9. The second-order valence-corrected chi connectivity index (χ2v) is 10.5. The van der Waals surface area contributed by atoms with Crippen LogP contribution in [0.2, 0.25) is 0 Å². The summed E-state index contributed by atoms with van der Waals surface area (Å²) in [4.78, 5) is 13.2. The summed E-state index contributed by atoms with van der Waals surface area (Å²) in [7, 11) is 3.52. The average molecular weight is 520 g/mol. The van der Waals surface area contributed by atoms with Gasteiger partial charge in [-0.2, -0.15) is 5.10 Å². The summed E-state index contributed by atoms with van der Waals surface area (Å²) >= 11 is 0. The Bertz CT molecular complexity index is 1440. The molecule has 0 radical (unpaired) electrons. The van der Waals surface area contributed by atoms with Gasteiger partial charge in [0.25, 0.3) is 0 Å². The summed E-state index contributed by atoms with van der Waals surface area (Å²) in [6.07, 6.45) is 12.0. The normalized spacial score (nSPS) is 14.3. The molecule has 1 N–H and O–H groups in total. The van der Waals surface area contributed by atoms with Crippen LogP contribution in [0.3, 0.4) is 0 Å². The van der Waals surface area contributed by atoms with Gasteiger partial charge in [-0.1, -0.05) is 61.0 Å². The lowest BCUT2D eigenvalue weighted by Crippen LogP contribution is -2.18. The molecule has 1 saturated carbocycles. The second-order valence-electron chi connectivity index (χ2n) is 10.5. The number of likely N-dealkylation sites (N-methyl/N-ethyl adjacent to an activating group) is 1. The summed E-state index contributed by atoms with van der Waals surface area (Å²) in [6, 6.07) is 26.0. The zero-order valence-corrected chi connectivity index (χ0v) is 22.9. The first-order valence-electron chi connectivity index (χ1n) is 13.9. The van der Waals surface area contributed by atoms with E-state index in [0.717, 1.165) is 35.9 Å². The van der Waals surface area contributed by atoms with Gasteiger partial charge < -0.3 is 9.64 Å². The van der Waals surface area contributed by atoms with E-state index >= 15 is 0 Å². The Balaban J connectivity index is 1.36. The van der Waals surface area contributed by atoms with Crippen molar-refractivity contribution in [2.24, 2.45) is 5.92 Å². The average Bonchev–Trinajstić information content (AvgIpc) is 3.40. The maximum absolute atomic E-state index is 11.6. The van der Waals surface area contributed by atoms with E-state index < -0.39 is 0 Å². The Morgan fingerprint density at radius 1 is 0.974 bits per heavy atom. The third kappa shape index (κ3) is 6.48. The SMILES string of the molecule is CN(C)C(=O)/C=C/CCCCOc1ccc(/C(=C(\c2ccccc2)C2CCC2)c2ccc3[nH]ncc3c2)cc1. The first kappa shape index (κ1) is 26.5. The first-order chi connectivity index (χ1) is 19.1. The van der Waals surface area contributed by atoms with Crippen molar-refractivity contribution in [3.05, 3.63) is 108 Å². The fourth-order valence-corrected chi connectivity index (χ4v) is 5.08. The van der Waals surface area contributed by atoms with Gasteiger partial charge in [0, 0.05) is 19.5 Å². The van der Waals surface area contributed by atoms with Crippen LogP contribution in [0.4, 0.5) is 0 Å². The number of aromatic nitrogens is 2. The molecule has 0 spiro atoms. The Hall–Kier alpha value is -4.12. The van der Waals surface area contributed by atoms with Crippen molar-refractivity contribution in [3.63, 3.8) is 0 Å². The molecule has 5 heteroatoms. The standard InChI is InChI=1S/C34H37N3O2/c1-37(2)32(38)15-8-3-4-9-22-39-30-19-16-27(17-20-30)34(28-18-21-31-29(23-28)24-35-36-31)33(26-13-10-14-26)25-11-6-5-7-12-25/h5-8,11-12,15-21,23-24,26H,3-4,9-10,13-14,22H2,1-2H3,(H,35,36)/b15-8+,34-33-. The van der Waals surface area contributed by atoms with Crippen LogP contribution in [0.25, 0.3) is 22.0 Å². The molecule has 5 rings (SSSR count). The smallest absolute Gasteiger partial charge is 0.245 e. The minimum absolute atomic E-state index is 0.0252. The van der Waals surface area contributed by atoms with Crippen molar-refractivity contribution in [3.8, 4) is 5.75 Å². The van der Waals surface area contributed by atoms with Crippen molar-refractivity contribution in [2.75, 3.05) is 20.7 Å². The van der Waals surface area contributed by atoms with Gasteiger partial charge in [-0.3, -0.25) is 9.89 Å². The molecule has 0 unspecified atom stereocenters. The molecule has 0 aliphatic heterocycles. The number of rotatable bonds is 11. The molecule has 0 atom stereocenters. The Kier molecular flexibility index (Phi) is 8.57. The summed E-state index contributed by atoms with van der Waals surface area (Å²) in [5.74, 6) is 1.46. The maximum atomic E-state index is 11.6. The number of fused-ring (bicyclic) bond motifs is 1. The van der Waals surface area contributed by atoms with E-state index in [1.165, 1.54) is 47.1 Å². The minimum Gasteiger partial charge on any atom is -0.494 e. The fourth-order valence-electron chi connectivity index (χ4n) is 5.08. The number of H-pyrrole nitrogens is 1. The van der Waals surface area contributed by atoms with Crippen LogP contribution in [0.15, 0.2) is 91.1 Å². The number of nitrogens with zero attached hydrogens (tertiary/aromatic N) is 2. The predicted octanol–water partition coefficient (Wildman–Crippen LogP) is 7.52. The van der Waals surface area contributed by atoms with Crippen LogP contribution < -0.4 is 4.74 Å². The highest BCUT2D eigenvalue weighted by atomic mass is 16.5. The van der Waals surface area contributed by atoms with Gasteiger partial charge in [0.1, 0.15) is 5.75 Å². The minimum atomic E-state index is 0.0252. The van der Waals surface area contributed by atoms with E-state index in [2.05, 4.69) is 83.0 Å². The summed E-state index contributed by atoms with van der Waals surface area (Å²) < 4.78 is 6.06. The lowest BCUT2D eigenvalue weighted by molar-refractivity contribution is -0.123. The van der Waals surface area contributed by atoms with E-state index in [0.29, 0.717) is 12.5 Å². The second kappa shape index (κ2) is 12.6. The molecular weight excluding hydrogens is 482 g/mol. The van der Waals surface area contributed by atoms with E-state index in [1.807, 2.05) is 12.3 Å². The third-order valence-electron chi connectivity index (χ3n) is 7.47. The van der Waals surface area contributed by atoms with Crippen LogP contribution >= 0.6 is 0 Å². The molecule has 1 heterocycles. The lowest BCUT2D eigenvalue weighted by Gasteiger charge is -2.31. The topological polar surface area (TPSA) is 58.2 Å². The van der Waals surface area contributed by atoms with Gasteiger partial charge in [0.05, 0.1) is 18.3 Å². The third-order valence-corrected chi connectivity index (χ3v) is 7.47. The van der Waals surface area contributed by atoms with Gasteiger partial charge >= 0.3 is 0 Å². The van der Waals surface area contributed by atoms with Crippen molar-refractivity contribution in [1.29, 1.82) is 0 Å². The molecule has 1 aliphatic carbocycles. The zero-order valence-electron chi connectivity index (χ0n) is 22.9. The van der Waals surface area contributed by atoms with Gasteiger partial charge in [0.2, 0.25) is 5.91 Å². The highest BCUT2D eigenvalue weighted by Crippen LogP contribution is 2.45. The molecule has 0 saturated heterocycles. The fraction of sp³-hybridized carbons (Fsp3) is 0.294. The number of benzene rings is 3. The molecule has 1 fully saturated rings. The maximum Gasteiger partial charge on any atom is 0.245 e. The van der Waals surface area contributed by atoms with Crippen LogP contribution in [0.5, 0.6) is 5.75 Å². The molecule has 1 amide bonds. The lowest BCUT2D eigenvalue weighted by atomic mass is 9.73. The van der Waals surface area contributed by atoms with Gasteiger partial charge in [0.15, 0.2) is 0 Å². The van der Waals surface area contributed by atoms with E-state index in [4.69, 9.17) is 4.74 Å². The molecule has 39 heavy (non-hydrogen) atoms. The van der Waals surface area contributed by atoms with Gasteiger partial charge in [-0.25, -0.2) is 0 Å². The molecular formula is C34H37N3O2. The number of hydrogen-bond acceptors (Lipinski definition) is 3. The van der Waals surface area contributed by atoms with Gasteiger partial charge in [-0.05, 0) is 96.2 Å². The molecule has 1 aliphatic rings. The van der Waals surface area contributed by atoms with E-state index in [1.54, 1.807) is 25.1 Å². The molecule has 200 valence electrons. The Morgan fingerprint density at radius 3 is 2.46 bits per heavy atom. The molecule has 1 aromatic heterocycles. The monoisotopic (exact) mass is 519 g/mol. The van der Waals surface area contributed by atoms with Crippen LogP contribution in [-0.2, 0) is 4.79 Å². The quantitative estimate of drug-likeness (QED) is 0.127. The van der Waals surface area contributed by atoms with E-state index in [9.17, 15) is 4.79 Å². The Morgan fingerprint density at radius 2 is 1.74 bits per heavy atom. The summed E-state index contributed by atoms with van der Waals surface area (Å²) in [6.45, 7) is 0.659. The molecule has 4 aromatic rings. The number of unbranched alkanes of at least 4 members (excludes halogenated alkanes) is 2. The van der Waals surface area contributed by atoms with Crippen LogP contribution in [0, 0.1) is 5.92 Å². The number of allylic oxidation sites excluding steroid dienone is 2. The number of hydrogen-bond donors (Lipinski definition) is 1. The predicted molar refractivity (Wildman–Crippen MR) is 159 cm³/mol. The molecule has 3 aromatic carbocycles. The number of ether oxygens (including phenoxy) is 1. The number of carbonyl (C=O) groups is 1. The van der Waals surface area contributed by atoms with Crippen LogP contribution in [-0.4, -0.2) is 41.7 Å². The largest absolute Gasteiger partial charge is 0.494 e. The van der Waals surface area contributed by atoms with Crippen LogP contribution in [0.1, 0.15) is 55.2 Å². The van der Waals surface area contributed by atoms with Crippen molar-refractivity contribution >= 4 is 28.0 Å². The highest BCUT2D eigenvalue weighted by molar-refractivity contribution is 6.01. The number of nitrogens with one attached hydrogen (secondary N) is 1. The zero-order chi connectivity index (χ0) is 27.0. The van der Waals surface area contributed by atoms with E-state index in [-0.39, 0.29) is 5.91 Å². The number of amides is 1. The Labute approximate surface area is 231 Å². The molecule has 5 nitrogen and oxygen atoms in total. The highest BCUT2D eigenvalue weighted by Gasteiger charge is 2.27. The van der Waals surface area contributed by atoms with Crippen molar-refractivity contribution < 1.29 is 9.53 Å². The van der Waals surface area contributed by atoms with Crippen molar-refractivity contribution in [1.82, 2.24) is 15.1 Å². The van der Waals surface area contributed by atoms with Crippen molar-refractivity contribution in [2.45, 2.75) is 38.5 Å². The number of carbonyl (C=O) groups excluding carboxylic acids is 1. The number of aromatic amines is 1. The van der Waals surface area contributed by atoms with Gasteiger partial charge in [-0.15, -0.1) is 0 Å².